The molecule has 0 N–H and O–H groups in total. The smallest absolute Gasteiger partial charge is 0.143 e. The van der Waals surface area contributed by atoms with Crippen molar-refractivity contribution in [2.45, 2.75) is 0 Å². The van der Waals surface area contributed by atoms with Gasteiger partial charge in [-0.2, -0.15) is 0 Å². The third kappa shape index (κ3) is 5.34. The van der Waals surface area contributed by atoms with Gasteiger partial charge in [-0.3, -0.25) is 0 Å². The maximum atomic E-state index is 6.35. The van der Waals surface area contributed by atoms with Gasteiger partial charge in [-0.25, -0.2) is 0 Å². The second-order valence-corrected chi connectivity index (χ2v) is 14.5. The molecule has 0 saturated heterocycles. The first-order chi connectivity index (χ1) is 27.8. The molecule has 0 aliphatic rings. The summed E-state index contributed by atoms with van der Waals surface area (Å²) in [6.07, 6.45) is 0. The van der Waals surface area contributed by atoms with Crippen molar-refractivity contribution >= 4 is 71.3 Å². The molecule has 2 nitrogen and oxygen atoms in total. The SMILES string of the molecule is c1ccc(-c2ccc(N(c3ccc(-c4ccc(-c5cccc6c5oc5ccccc56)cc4)cc3)c3ccc4c5ccccc5c5ccccc5c4c3)cc2)cc1. The van der Waals surface area contributed by atoms with Crippen LogP contribution in [0.1, 0.15) is 0 Å². The van der Waals surface area contributed by atoms with Crippen LogP contribution in [0.3, 0.4) is 0 Å². The van der Waals surface area contributed by atoms with Crippen LogP contribution >= 0.6 is 0 Å². The van der Waals surface area contributed by atoms with Crippen LogP contribution in [-0.4, -0.2) is 0 Å². The molecular weight excluding hydrogens is 679 g/mol. The van der Waals surface area contributed by atoms with E-state index in [1.165, 1.54) is 49.0 Å². The molecule has 1 aromatic heterocycles. The first-order valence-electron chi connectivity index (χ1n) is 19.2. The molecule has 0 atom stereocenters. The van der Waals surface area contributed by atoms with Gasteiger partial charge in [-0.15, -0.1) is 0 Å². The number of fused-ring (bicyclic) bond motifs is 9. The minimum atomic E-state index is 0.915. The first-order valence-corrected chi connectivity index (χ1v) is 19.2. The lowest BCUT2D eigenvalue weighted by Crippen LogP contribution is -2.10. The highest BCUT2D eigenvalue weighted by Crippen LogP contribution is 2.42. The molecule has 262 valence electrons. The van der Waals surface area contributed by atoms with Crippen LogP contribution in [0.5, 0.6) is 0 Å². The van der Waals surface area contributed by atoms with Gasteiger partial charge in [-0.1, -0.05) is 170 Å². The number of hydrogen-bond donors (Lipinski definition) is 0. The molecular formula is C54H35NO. The number of nitrogens with zero attached hydrogens (tertiary/aromatic N) is 1. The minimum absolute atomic E-state index is 0.915. The van der Waals surface area contributed by atoms with Crippen LogP contribution in [0, 0.1) is 0 Å². The van der Waals surface area contributed by atoms with Gasteiger partial charge in [0.2, 0.25) is 0 Å². The molecule has 0 unspecified atom stereocenters. The molecule has 1 heterocycles. The monoisotopic (exact) mass is 713 g/mol. The fourth-order valence-corrected chi connectivity index (χ4v) is 8.54. The molecule has 0 radical (unpaired) electrons. The molecule has 10 aromatic carbocycles. The molecule has 11 aromatic rings. The third-order valence-corrected chi connectivity index (χ3v) is 11.3. The van der Waals surface area contributed by atoms with E-state index in [0.29, 0.717) is 0 Å². The highest BCUT2D eigenvalue weighted by atomic mass is 16.3. The van der Waals surface area contributed by atoms with Gasteiger partial charge < -0.3 is 9.32 Å². The summed E-state index contributed by atoms with van der Waals surface area (Å²) in [5.41, 5.74) is 12.1. The molecule has 56 heavy (non-hydrogen) atoms. The quantitative estimate of drug-likeness (QED) is 0.160. The standard InChI is InChI=1S/C54H35NO/c1-2-11-36(12-3-1)38-25-29-41(30-26-38)55(43-33-34-49-47-15-5-4-13-45(47)46-14-6-7-16-48(46)52(49)35-43)42-31-27-39(28-32-42)37-21-23-40(24-22-37)44-18-10-19-51-50-17-8-9-20-53(50)56-54(44)51/h1-35H. The Morgan fingerprint density at radius 3 is 1.30 bits per heavy atom. The minimum Gasteiger partial charge on any atom is -0.455 e. The summed E-state index contributed by atoms with van der Waals surface area (Å²) in [5, 5.41) is 9.89. The Morgan fingerprint density at radius 2 is 0.696 bits per heavy atom. The van der Waals surface area contributed by atoms with E-state index in [1.54, 1.807) is 0 Å². The van der Waals surface area contributed by atoms with Crippen LogP contribution in [-0.2, 0) is 0 Å². The highest BCUT2D eigenvalue weighted by Gasteiger charge is 2.17. The number of benzene rings is 10. The second kappa shape index (κ2) is 13.2. The third-order valence-electron chi connectivity index (χ3n) is 11.3. The summed E-state index contributed by atoms with van der Waals surface area (Å²) < 4.78 is 6.35. The lowest BCUT2D eigenvalue weighted by molar-refractivity contribution is 0.670. The number of anilines is 3. The van der Waals surface area contributed by atoms with Gasteiger partial charge in [-0.05, 0) is 103 Å². The number of furan rings is 1. The Bertz CT molecular complexity index is 3180. The maximum Gasteiger partial charge on any atom is 0.143 e. The van der Waals surface area contributed by atoms with Crippen LogP contribution in [0.2, 0.25) is 0 Å². The van der Waals surface area contributed by atoms with E-state index in [4.69, 9.17) is 4.42 Å². The van der Waals surface area contributed by atoms with E-state index >= 15 is 0 Å². The maximum absolute atomic E-state index is 6.35. The van der Waals surface area contributed by atoms with Crippen LogP contribution in [0.25, 0.3) is 87.6 Å². The van der Waals surface area contributed by atoms with E-state index in [-0.39, 0.29) is 0 Å². The van der Waals surface area contributed by atoms with Gasteiger partial charge in [0.1, 0.15) is 11.2 Å². The van der Waals surface area contributed by atoms with Gasteiger partial charge >= 0.3 is 0 Å². The molecule has 0 aliphatic heterocycles. The van der Waals surface area contributed by atoms with Gasteiger partial charge in [0, 0.05) is 33.4 Å². The van der Waals surface area contributed by atoms with Gasteiger partial charge in [0.15, 0.2) is 0 Å². The van der Waals surface area contributed by atoms with Gasteiger partial charge in [0.05, 0.1) is 0 Å². The average Bonchev–Trinajstić information content (AvgIpc) is 3.67. The summed E-state index contributed by atoms with van der Waals surface area (Å²) in [7, 11) is 0. The summed E-state index contributed by atoms with van der Waals surface area (Å²) in [6.45, 7) is 0. The molecule has 0 saturated carbocycles. The molecule has 2 heteroatoms. The number of para-hydroxylation sites is 2. The Balaban J connectivity index is 0.994. The average molecular weight is 714 g/mol. The predicted molar refractivity (Wildman–Crippen MR) is 237 cm³/mol. The van der Waals surface area contributed by atoms with E-state index in [0.717, 1.165) is 55.7 Å². The Hall–Kier alpha value is -7.42. The summed E-state index contributed by atoms with van der Waals surface area (Å²) in [5.74, 6) is 0. The van der Waals surface area contributed by atoms with E-state index in [2.05, 4.69) is 205 Å². The molecule has 11 rings (SSSR count). The van der Waals surface area contributed by atoms with Crippen molar-refractivity contribution < 1.29 is 4.42 Å². The topological polar surface area (TPSA) is 16.4 Å². The lowest BCUT2D eigenvalue weighted by atomic mass is 9.94. The molecule has 0 aliphatic carbocycles. The zero-order valence-electron chi connectivity index (χ0n) is 30.6. The van der Waals surface area contributed by atoms with Crippen molar-refractivity contribution in [1.82, 2.24) is 0 Å². The van der Waals surface area contributed by atoms with E-state index in [9.17, 15) is 0 Å². The first kappa shape index (κ1) is 32.0. The highest BCUT2D eigenvalue weighted by molar-refractivity contribution is 6.25. The van der Waals surface area contributed by atoms with Crippen molar-refractivity contribution in [1.29, 1.82) is 0 Å². The van der Waals surface area contributed by atoms with Crippen molar-refractivity contribution in [3.05, 3.63) is 212 Å². The van der Waals surface area contributed by atoms with Gasteiger partial charge in [0.25, 0.3) is 0 Å². The zero-order valence-corrected chi connectivity index (χ0v) is 30.6. The lowest BCUT2D eigenvalue weighted by Gasteiger charge is -2.26. The van der Waals surface area contributed by atoms with Crippen molar-refractivity contribution in [3.63, 3.8) is 0 Å². The van der Waals surface area contributed by atoms with Crippen molar-refractivity contribution in [2.24, 2.45) is 0 Å². The number of hydrogen-bond acceptors (Lipinski definition) is 2. The van der Waals surface area contributed by atoms with E-state index in [1.807, 2.05) is 12.1 Å². The summed E-state index contributed by atoms with van der Waals surface area (Å²) in [6, 6.07) is 76.4. The molecule has 0 bridgehead atoms. The largest absolute Gasteiger partial charge is 0.455 e. The van der Waals surface area contributed by atoms with Crippen LogP contribution in [0.15, 0.2) is 217 Å². The molecule has 0 fully saturated rings. The predicted octanol–water partition coefficient (Wildman–Crippen LogP) is 15.5. The van der Waals surface area contributed by atoms with Crippen LogP contribution < -0.4 is 4.90 Å². The van der Waals surface area contributed by atoms with E-state index < -0.39 is 0 Å². The fourth-order valence-electron chi connectivity index (χ4n) is 8.54. The Labute approximate surface area is 325 Å². The Morgan fingerprint density at radius 1 is 0.268 bits per heavy atom. The molecule has 0 amide bonds. The Kier molecular flexibility index (Phi) is 7.53. The summed E-state index contributed by atoms with van der Waals surface area (Å²) >= 11 is 0. The van der Waals surface area contributed by atoms with Crippen molar-refractivity contribution in [2.75, 3.05) is 4.90 Å². The number of rotatable bonds is 6. The second-order valence-electron chi connectivity index (χ2n) is 14.5. The van der Waals surface area contributed by atoms with Crippen LogP contribution in [0.4, 0.5) is 17.1 Å². The zero-order chi connectivity index (χ0) is 37.0. The fraction of sp³-hybridized carbons (Fsp3) is 0. The summed E-state index contributed by atoms with van der Waals surface area (Å²) in [4.78, 5) is 2.37. The van der Waals surface area contributed by atoms with Crippen molar-refractivity contribution in [3.8, 4) is 33.4 Å². The normalized spacial score (nSPS) is 11.6. The molecule has 0 spiro atoms.